The summed E-state index contributed by atoms with van der Waals surface area (Å²) in [6, 6.07) is 12.2. The van der Waals surface area contributed by atoms with E-state index in [0.29, 0.717) is 22.3 Å². The summed E-state index contributed by atoms with van der Waals surface area (Å²) in [5.41, 5.74) is 1.62. The Kier molecular flexibility index (Phi) is 7.33. The zero-order valence-corrected chi connectivity index (χ0v) is 17.2. The number of carbonyl (C=O) groups is 1. The molecule has 0 unspecified atom stereocenters. The van der Waals surface area contributed by atoms with Crippen LogP contribution >= 0.6 is 11.8 Å². The number of nitrogens with one attached hydrogen (secondary N) is 1. The number of halogens is 2. The molecule has 5 nitrogen and oxygen atoms in total. The average molecular weight is 422 g/mol. The molecule has 1 heterocycles. The Labute approximate surface area is 173 Å². The maximum absolute atomic E-state index is 12.5. The van der Waals surface area contributed by atoms with Gasteiger partial charge in [0.2, 0.25) is 5.91 Å². The van der Waals surface area contributed by atoms with E-state index >= 15 is 0 Å². The Hall–Kier alpha value is -2.32. The van der Waals surface area contributed by atoms with Crippen molar-refractivity contribution < 1.29 is 23.0 Å². The molecule has 1 fully saturated rings. The molecule has 1 N–H and O–H groups in total. The zero-order chi connectivity index (χ0) is 20.8. The lowest BCUT2D eigenvalue weighted by Crippen LogP contribution is -2.33. The second-order valence-corrected chi connectivity index (χ2v) is 7.75. The maximum atomic E-state index is 12.5. The Morgan fingerprint density at radius 1 is 1.21 bits per heavy atom. The first-order chi connectivity index (χ1) is 14.0. The molecular formula is C21H24F2N2O3S. The van der Waals surface area contributed by atoms with Gasteiger partial charge >= 0.3 is 0 Å². The first-order valence-electron chi connectivity index (χ1n) is 9.31. The van der Waals surface area contributed by atoms with Crippen molar-refractivity contribution >= 4 is 23.4 Å². The molecule has 29 heavy (non-hydrogen) atoms. The fourth-order valence-electron chi connectivity index (χ4n) is 3.57. The van der Waals surface area contributed by atoms with Crippen LogP contribution in [0.15, 0.2) is 47.4 Å². The summed E-state index contributed by atoms with van der Waals surface area (Å²) >= 11 is 0.481. The van der Waals surface area contributed by atoms with Crippen LogP contribution in [0.25, 0.3) is 0 Å². The molecule has 1 atom stereocenters. The molecule has 2 aromatic carbocycles. The second kappa shape index (κ2) is 9.93. The Bertz CT molecular complexity index is 833. The zero-order valence-electron chi connectivity index (χ0n) is 16.4. The van der Waals surface area contributed by atoms with Crippen molar-refractivity contribution in [1.29, 1.82) is 0 Å². The first-order valence-corrected chi connectivity index (χ1v) is 10.2. The van der Waals surface area contributed by atoms with Crippen molar-refractivity contribution in [2.45, 2.75) is 29.5 Å². The number of anilines is 1. The van der Waals surface area contributed by atoms with Crippen LogP contribution in [0, 0.1) is 0 Å². The number of alkyl halides is 2. The van der Waals surface area contributed by atoms with E-state index < -0.39 is 5.76 Å². The van der Waals surface area contributed by atoms with Crippen molar-refractivity contribution in [2.24, 2.45) is 0 Å². The quantitative estimate of drug-likeness (QED) is 0.620. The number of rotatable bonds is 8. The van der Waals surface area contributed by atoms with Crippen LogP contribution in [-0.4, -0.2) is 43.9 Å². The molecule has 156 valence electrons. The molecule has 1 saturated heterocycles. The smallest absolute Gasteiger partial charge is 0.288 e. The van der Waals surface area contributed by atoms with Gasteiger partial charge in [-0.15, -0.1) is 0 Å². The van der Waals surface area contributed by atoms with E-state index in [1.54, 1.807) is 38.5 Å². The largest absolute Gasteiger partial charge is 0.497 e. The lowest BCUT2D eigenvalue weighted by atomic mass is 10.0. The molecule has 1 amide bonds. The van der Waals surface area contributed by atoms with Gasteiger partial charge in [0.05, 0.1) is 20.8 Å². The van der Waals surface area contributed by atoms with Gasteiger partial charge < -0.3 is 14.8 Å². The molecule has 0 aliphatic carbocycles. The number of ether oxygens (including phenoxy) is 2. The summed E-state index contributed by atoms with van der Waals surface area (Å²) in [6.45, 7) is 1.06. The predicted molar refractivity (Wildman–Crippen MR) is 110 cm³/mol. The second-order valence-electron chi connectivity index (χ2n) is 6.69. The van der Waals surface area contributed by atoms with Crippen molar-refractivity contribution in [2.75, 3.05) is 32.6 Å². The normalized spacial score (nSPS) is 16.8. The van der Waals surface area contributed by atoms with E-state index in [-0.39, 0.29) is 18.5 Å². The van der Waals surface area contributed by atoms with Crippen LogP contribution in [0.3, 0.4) is 0 Å². The maximum Gasteiger partial charge on any atom is 0.288 e. The number of thioether (sulfide) groups is 1. The van der Waals surface area contributed by atoms with Gasteiger partial charge in [0.25, 0.3) is 5.76 Å². The summed E-state index contributed by atoms with van der Waals surface area (Å²) in [7, 11) is 3.24. The fraction of sp³-hybridized carbons (Fsp3) is 0.381. The lowest BCUT2D eigenvalue weighted by Gasteiger charge is -2.26. The Morgan fingerprint density at radius 3 is 2.62 bits per heavy atom. The molecule has 0 saturated carbocycles. The molecule has 8 heteroatoms. The highest BCUT2D eigenvalue weighted by Crippen LogP contribution is 2.38. The van der Waals surface area contributed by atoms with Crippen molar-refractivity contribution in [3.05, 3.63) is 48.0 Å². The van der Waals surface area contributed by atoms with Gasteiger partial charge in [-0.3, -0.25) is 9.69 Å². The first kappa shape index (κ1) is 21.4. The predicted octanol–water partition coefficient (Wildman–Crippen LogP) is 4.79. The van der Waals surface area contributed by atoms with E-state index in [1.807, 2.05) is 18.2 Å². The minimum Gasteiger partial charge on any atom is -0.497 e. The third-order valence-electron chi connectivity index (χ3n) is 4.87. The van der Waals surface area contributed by atoms with Crippen LogP contribution in [-0.2, 0) is 4.79 Å². The van der Waals surface area contributed by atoms with Crippen LogP contribution in [0.1, 0.15) is 24.4 Å². The third-order valence-corrected chi connectivity index (χ3v) is 5.60. The number of nitrogens with zero attached hydrogens (tertiary/aromatic N) is 1. The minimum atomic E-state index is -2.46. The van der Waals surface area contributed by atoms with Crippen LogP contribution in [0.2, 0.25) is 0 Å². The van der Waals surface area contributed by atoms with Crippen molar-refractivity contribution in [3.63, 3.8) is 0 Å². The monoisotopic (exact) mass is 422 g/mol. The van der Waals surface area contributed by atoms with E-state index in [2.05, 4.69) is 10.2 Å². The minimum absolute atomic E-state index is 0.0893. The van der Waals surface area contributed by atoms with E-state index in [1.165, 1.54) is 0 Å². The molecule has 1 aliphatic heterocycles. The SMILES string of the molecule is COc1ccc([C@H]2CCCN2CC(=O)Nc2ccc(SC(F)F)cc2)c(OC)c1. The molecule has 0 aromatic heterocycles. The van der Waals surface area contributed by atoms with Crippen molar-refractivity contribution in [1.82, 2.24) is 4.90 Å². The number of methoxy groups -OCH3 is 2. The molecule has 2 aromatic rings. The summed E-state index contributed by atoms with van der Waals surface area (Å²) in [6.07, 6.45) is 1.93. The standard InChI is InChI=1S/C21H24F2N2O3S/c1-27-15-7-10-17(19(12-15)28-2)18-4-3-11-25(18)13-20(26)24-14-5-8-16(9-6-14)29-21(22)23/h5-10,12,18,21H,3-4,11,13H2,1-2H3,(H,24,26)/t18-/m1/s1. The number of carbonyl (C=O) groups excluding carboxylic acids is 1. The number of likely N-dealkylation sites (tertiary alicyclic amines) is 1. The van der Waals surface area contributed by atoms with Gasteiger partial charge in [-0.2, -0.15) is 8.78 Å². The van der Waals surface area contributed by atoms with Gasteiger partial charge in [0.1, 0.15) is 11.5 Å². The lowest BCUT2D eigenvalue weighted by molar-refractivity contribution is -0.117. The molecule has 0 radical (unpaired) electrons. The summed E-state index contributed by atoms with van der Waals surface area (Å²) < 4.78 is 35.6. The van der Waals surface area contributed by atoms with Crippen LogP contribution in [0.4, 0.5) is 14.5 Å². The number of amides is 1. The van der Waals surface area contributed by atoms with Gasteiger partial charge in [0.15, 0.2) is 0 Å². The Morgan fingerprint density at radius 2 is 1.97 bits per heavy atom. The number of hydrogen-bond donors (Lipinski definition) is 1. The fourth-order valence-corrected chi connectivity index (χ4v) is 4.06. The van der Waals surface area contributed by atoms with E-state index in [0.717, 1.165) is 36.4 Å². The van der Waals surface area contributed by atoms with Gasteiger partial charge in [-0.25, -0.2) is 0 Å². The third kappa shape index (κ3) is 5.61. The number of hydrogen-bond acceptors (Lipinski definition) is 5. The average Bonchev–Trinajstić information content (AvgIpc) is 3.16. The van der Waals surface area contributed by atoms with E-state index in [9.17, 15) is 13.6 Å². The highest BCUT2D eigenvalue weighted by molar-refractivity contribution is 7.99. The van der Waals surface area contributed by atoms with E-state index in [4.69, 9.17) is 9.47 Å². The van der Waals surface area contributed by atoms with Crippen molar-refractivity contribution in [3.8, 4) is 11.5 Å². The van der Waals surface area contributed by atoms with Crippen LogP contribution in [0.5, 0.6) is 11.5 Å². The molecule has 0 spiro atoms. The summed E-state index contributed by atoms with van der Waals surface area (Å²) in [5, 5.41) is 2.84. The number of benzene rings is 2. The van der Waals surface area contributed by atoms with Gasteiger partial charge in [-0.1, -0.05) is 17.8 Å². The highest BCUT2D eigenvalue weighted by Gasteiger charge is 2.29. The molecule has 1 aliphatic rings. The molecular weight excluding hydrogens is 398 g/mol. The van der Waals surface area contributed by atoms with Gasteiger partial charge in [0, 0.05) is 28.3 Å². The molecule has 0 bridgehead atoms. The van der Waals surface area contributed by atoms with Gasteiger partial charge in [-0.05, 0) is 49.7 Å². The highest BCUT2D eigenvalue weighted by atomic mass is 32.2. The topological polar surface area (TPSA) is 50.8 Å². The van der Waals surface area contributed by atoms with Crippen LogP contribution < -0.4 is 14.8 Å². The Balaban J connectivity index is 1.64. The summed E-state index contributed by atoms with van der Waals surface area (Å²) in [4.78, 5) is 15.1. The summed E-state index contributed by atoms with van der Waals surface area (Å²) in [5.74, 6) is -1.13. The molecule has 3 rings (SSSR count).